The van der Waals surface area contributed by atoms with E-state index in [0.717, 1.165) is 19.0 Å². The summed E-state index contributed by atoms with van der Waals surface area (Å²) in [7, 11) is 1.80. The van der Waals surface area contributed by atoms with Crippen molar-refractivity contribution in [3.05, 3.63) is 23.7 Å². The lowest BCUT2D eigenvalue weighted by Crippen LogP contribution is -2.40. The average molecular weight is 304 g/mol. The number of primary amides is 1. The smallest absolute Gasteiger partial charge is 0.284 e. The summed E-state index contributed by atoms with van der Waals surface area (Å²) in [6, 6.07) is 3.37. The molecule has 0 unspecified atom stereocenters. The fourth-order valence-electron chi connectivity index (χ4n) is 3.75. The van der Waals surface area contributed by atoms with Gasteiger partial charge in [-0.05, 0) is 36.8 Å². The van der Waals surface area contributed by atoms with Crippen LogP contribution in [0.15, 0.2) is 21.5 Å². The maximum Gasteiger partial charge on any atom is 0.284 e. The number of rotatable bonds is 3. The molecule has 1 amide bonds. The van der Waals surface area contributed by atoms with Gasteiger partial charge in [0.15, 0.2) is 11.7 Å². The number of carbonyl (C=O) groups is 1. The van der Waals surface area contributed by atoms with E-state index in [2.05, 4.69) is 15.2 Å². The van der Waals surface area contributed by atoms with Crippen molar-refractivity contribution < 1.29 is 9.21 Å². The predicted octanol–water partition coefficient (Wildman–Crippen LogP) is 1.72. The van der Waals surface area contributed by atoms with Gasteiger partial charge in [0.05, 0.1) is 6.54 Å². The maximum absolute atomic E-state index is 11.0. The van der Waals surface area contributed by atoms with Crippen LogP contribution in [0.2, 0.25) is 0 Å². The van der Waals surface area contributed by atoms with Gasteiger partial charge in [-0.1, -0.05) is 12.8 Å². The van der Waals surface area contributed by atoms with Crippen LogP contribution >= 0.6 is 0 Å². The lowest BCUT2D eigenvalue weighted by Gasteiger charge is -2.25. The van der Waals surface area contributed by atoms with E-state index in [4.69, 9.17) is 10.2 Å². The quantitative estimate of drug-likeness (QED) is 0.658. The number of hydrogen-bond acceptors (Lipinski definition) is 3. The largest absolute Gasteiger partial charge is 0.454 e. The molecular formula is C16H24N4O2. The highest BCUT2D eigenvalue weighted by atomic mass is 16.3. The van der Waals surface area contributed by atoms with Crippen LogP contribution in [-0.4, -0.2) is 36.9 Å². The van der Waals surface area contributed by atoms with Gasteiger partial charge >= 0.3 is 0 Å². The molecule has 1 aromatic rings. The molecule has 6 heteroatoms. The molecule has 120 valence electrons. The van der Waals surface area contributed by atoms with Crippen molar-refractivity contribution in [1.29, 1.82) is 0 Å². The standard InChI is InChI=1S/C16H24N4O2/c1-18-15(19-10-12-4-5-13(22-12)14(17)21)20-9-8-16(11-20)6-2-3-7-16/h4-5H,2-3,6-11H2,1H3,(H2,17,21)(H,18,19). The first-order valence-corrected chi connectivity index (χ1v) is 7.96. The molecule has 1 saturated heterocycles. The summed E-state index contributed by atoms with van der Waals surface area (Å²) < 4.78 is 5.39. The average Bonchev–Trinajstić information content (AvgIpc) is 3.23. The van der Waals surface area contributed by atoms with E-state index in [9.17, 15) is 4.79 Å². The van der Waals surface area contributed by atoms with E-state index in [0.29, 0.717) is 17.7 Å². The van der Waals surface area contributed by atoms with Crippen LogP contribution in [0, 0.1) is 5.41 Å². The minimum atomic E-state index is -0.543. The third-order valence-corrected chi connectivity index (χ3v) is 4.94. The number of guanidine groups is 1. The van der Waals surface area contributed by atoms with Crippen molar-refractivity contribution >= 4 is 11.9 Å². The highest BCUT2D eigenvalue weighted by Crippen LogP contribution is 2.45. The zero-order valence-electron chi connectivity index (χ0n) is 13.1. The van der Waals surface area contributed by atoms with Crippen molar-refractivity contribution in [3.63, 3.8) is 0 Å². The molecule has 1 aliphatic heterocycles. The van der Waals surface area contributed by atoms with Gasteiger partial charge in [0, 0.05) is 20.1 Å². The highest BCUT2D eigenvalue weighted by Gasteiger charge is 2.41. The Labute approximate surface area is 130 Å². The first kappa shape index (κ1) is 14.9. The Hall–Kier alpha value is -1.98. The van der Waals surface area contributed by atoms with Gasteiger partial charge in [-0.25, -0.2) is 0 Å². The van der Waals surface area contributed by atoms with E-state index in [1.807, 2.05) is 0 Å². The van der Waals surface area contributed by atoms with Gasteiger partial charge in [0.2, 0.25) is 0 Å². The number of carbonyl (C=O) groups excluding carboxylic acids is 1. The summed E-state index contributed by atoms with van der Waals surface area (Å²) in [5.41, 5.74) is 5.71. The topological polar surface area (TPSA) is 83.9 Å². The van der Waals surface area contributed by atoms with Crippen molar-refractivity contribution in [2.75, 3.05) is 20.1 Å². The Balaban J connectivity index is 1.57. The molecule has 1 spiro atoms. The van der Waals surface area contributed by atoms with Gasteiger partial charge in [0.1, 0.15) is 5.76 Å². The third kappa shape index (κ3) is 2.96. The van der Waals surface area contributed by atoms with E-state index in [1.165, 1.54) is 32.1 Å². The van der Waals surface area contributed by atoms with Gasteiger partial charge in [-0.15, -0.1) is 0 Å². The predicted molar refractivity (Wildman–Crippen MR) is 84.5 cm³/mol. The van der Waals surface area contributed by atoms with Gasteiger partial charge in [-0.2, -0.15) is 0 Å². The van der Waals surface area contributed by atoms with Crippen LogP contribution in [0.5, 0.6) is 0 Å². The maximum atomic E-state index is 11.0. The summed E-state index contributed by atoms with van der Waals surface area (Å²) in [6.45, 7) is 2.66. The molecule has 2 aliphatic rings. The third-order valence-electron chi connectivity index (χ3n) is 4.94. The van der Waals surface area contributed by atoms with E-state index in [1.54, 1.807) is 19.2 Å². The number of hydrogen-bond donors (Lipinski definition) is 2. The number of nitrogens with two attached hydrogens (primary N) is 1. The lowest BCUT2D eigenvalue weighted by molar-refractivity contribution is 0.0972. The molecule has 3 rings (SSSR count). The Kier molecular flexibility index (Phi) is 4.09. The molecule has 0 aromatic carbocycles. The van der Waals surface area contributed by atoms with Gasteiger partial charge in [-0.3, -0.25) is 9.79 Å². The van der Waals surface area contributed by atoms with Crippen LogP contribution in [0.4, 0.5) is 0 Å². The summed E-state index contributed by atoms with van der Waals surface area (Å²) in [6.07, 6.45) is 6.69. The Morgan fingerprint density at radius 1 is 1.41 bits per heavy atom. The van der Waals surface area contributed by atoms with E-state index >= 15 is 0 Å². The van der Waals surface area contributed by atoms with Crippen molar-refractivity contribution in [2.24, 2.45) is 16.1 Å². The molecule has 1 aromatic heterocycles. The fraction of sp³-hybridized carbons (Fsp3) is 0.625. The molecule has 2 heterocycles. The van der Waals surface area contributed by atoms with Gasteiger partial charge in [0.25, 0.3) is 5.91 Å². The van der Waals surface area contributed by atoms with E-state index in [-0.39, 0.29) is 5.76 Å². The second kappa shape index (κ2) is 6.02. The number of amides is 1. The summed E-state index contributed by atoms with van der Waals surface area (Å²) in [5, 5.41) is 3.32. The summed E-state index contributed by atoms with van der Waals surface area (Å²) in [4.78, 5) is 17.8. The Morgan fingerprint density at radius 2 is 2.18 bits per heavy atom. The van der Waals surface area contributed by atoms with Gasteiger partial charge < -0.3 is 20.4 Å². The second-order valence-corrected chi connectivity index (χ2v) is 6.41. The lowest BCUT2D eigenvalue weighted by atomic mass is 9.86. The minimum Gasteiger partial charge on any atom is -0.454 e. The molecule has 1 saturated carbocycles. The zero-order chi connectivity index (χ0) is 15.6. The van der Waals surface area contributed by atoms with Crippen LogP contribution in [0.1, 0.15) is 48.4 Å². The summed E-state index contributed by atoms with van der Waals surface area (Å²) >= 11 is 0. The van der Waals surface area contributed by atoms with E-state index < -0.39 is 5.91 Å². The SMILES string of the molecule is CN=C(NCc1ccc(C(N)=O)o1)N1CCC2(CCCC2)C1. The summed E-state index contributed by atoms with van der Waals surface area (Å²) in [5.74, 6) is 1.24. The number of nitrogens with one attached hydrogen (secondary N) is 1. The van der Waals surface area contributed by atoms with Crippen LogP contribution < -0.4 is 11.1 Å². The molecule has 22 heavy (non-hydrogen) atoms. The molecule has 3 N–H and O–H groups in total. The molecule has 0 radical (unpaired) electrons. The number of nitrogens with zero attached hydrogens (tertiary/aromatic N) is 2. The Morgan fingerprint density at radius 3 is 2.82 bits per heavy atom. The van der Waals surface area contributed by atoms with Crippen molar-refractivity contribution in [1.82, 2.24) is 10.2 Å². The normalized spacial score (nSPS) is 20.8. The van der Waals surface area contributed by atoms with Crippen LogP contribution in [0.3, 0.4) is 0 Å². The molecular weight excluding hydrogens is 280 g/mol. The van der Waals surface area contributed by atoms with Crippen molar-refractivity contribution in [3.8, 4) is 0 Å². The molecule has 0 bridgehead atoms. The first-order chi connectivity index (χ1) is 10.6. The number of aliphatic imine (C=N–C) groups is 1. The monoisotopic (exact) mass is 304 g/mol. The van der Waals surface area contributed by atoms with Crippen molar-refractivity contribution in [2.45, 2.75) is 38.6 Å². The Bertz CT molecular complexity index is 572. The highest BCUT2D eigenvalue weighted by molar-refractivity contribution is 5.89. The van der Waals surface area contributed by atoms with Crippen LogP contribution in [-0.2, 0) is 6.54 Å². The number of likely N-dealkylation sites (tertiary alicyclic amines) is 1. The minimum absolute atomic E-state index is 0.192. The second-order valence-electron chi connectivity index (χ2n) is 6.41. The first-order valence-electron chi connectivity index (χ1n) is 7.96. The number of furan rings is 1. The van der Waals surface area contributed by atoms with Crippen LogP contribution in [0.25, 0.3) is 0 Å². The zero-order valence-corrected chi connectivity index (χ0v) is 13.1. The molecule has 6 nitrogen and oxygen atoms in total. The molecule has 0 atom stereocenters. The molecule has 2 fully saturated rings. The molecule has 1 aliphatic carbocycles. The fourth-order valence-corrected chi connectivity index (χ4v) is 3.75.